The average Bonchev–Trinajstić information content (AvgIpc) is 3.26. The van der Waals surface area contributed by atoms with Crippen LogP contribution < -0.4 is 14.5 Å². The standard InChI is InChI=1S/C24H22ClN3O5S/c1-15-23(31)27(20-8-3-4-9-21(20)33-15)11-10-22(30)32-13-18-14-34-24(26-18)28(16(2)29)19-7-5-6-17(25)12-19/h3-9,12,14-15H,10-11,13H2,1-2H3/t15-/m1/s1. The summed E-state index contributed by atoms with van der Waals surface area (Å²) in [4.78, 5) is 44.6. The van der Waals surface area contributed by atoms with Crippen LogP contribution in [0.4, 0.5) is 16.5 Å². The van der Waals surface area contributed by atoms with Crippen molar-refractivity contribution in [1.29, 1.82) is 0 Å². The van der Waals surface area contributed by atoms with Gasteiger partial charge in [-0.1, -0.05) is 29.8 Å². The Morgan fingerprint density at radius 2 is 2.03 bits per heavy atom. The SMILES string of the molecule is CC(=O)N(c1cccc(Cl)c1)c1nc(COC(=O)CCN2C(=O)[C@@H](C)Oc3ccccc32)cs1. The summed E-state index contributed by atoms with van der Waals surface area (Å²) < 4.78 is 11.0. The highest BCUT2D eigenvalue weighted by Crippen LogP contribution is 2.34. The Hall–Kier alpha value is -3.43. The number of benzene rings is 2. The lowest BCUT2D eigenvalue weighted by Gasteiger charge is -2.32. The van der Waals surface area contributed by atoms with Crippen molar-refractivity contribution in [3.63, 3.8) is 0 Å². The normalized spacial score (nSPS) is 14.9. The van der Waals surface area contributed by atoms with Crippen LogP contribution in [-0.4, -0.2) is 35.4 Å². The summed E-state index contributed by atoms with van der Waals surface area (Å²) in [6, 6.07) is 14.1. The van der Waals surface area contributed by atoms with Gasteiger partial charge >= 0.3 is 5.97 Å². The van der Waals surface area contributed by atoms with E-state index in [4.69, 9.17) is 21.1 Å². The fourth-order valence-electron chi connectivity index (χ4n) is 3.53. The molecule has 4 rings (SSSR count). The van der Waals surface area contributed by atoms with Crippen molar-refractivity contribution in [2.24, 2.45) is 0 Å². The Morgan fingerprint density at radius 3 is 2.79 bits per heavy atom. The number of carbonyl (C=O) groups excluding carboxylic acids is 3. The number of amides is 2. The van der Waals surface area contributed by atoms with Crippen LogP contribution in [0.2, 0.25) is 5.02 Å². The molecule has 1 aromatic heterocycles. The number of fused-ring (bicyclic) bond motifs is 1. The first kappa shape index (κ1) is 23.7. The van der Waals surface area contributed by atoms with E-state index < -0.39 is 12.1 Å². The van der Waals surface area contributed by atoms with Crippen LogP contribution in [0.25, 0.3) is 0 Å². The summed E-state index contributed by atoms with van der Waals surface area (Å²) in [6.07, 6.45) is -0.602. The number of hydrogen-bond donors (Lipinski definition) is 0. The second-order valence-electron chi connectivity index (χ2n) is 7.58. The fraction of sp³-hybridized carbons (Fsp3) is 0.250. The van der Waals surface area contributed by atoms with E-state index in [1.165, 1.54) is 23.2 Å². The van der Waals surface area contributed by atoms with E-state index in [1.54, 1.807) is 53.6 Å². The number of rotatable bonds is 7. The lowest BCUT2D eigenvalue weighted by Crippen LogP contribution is -2.45. The third-order valence-electron chi connectivity index (χ3n) is 5.11. The Bertz CT molecular complexity index is 1230. The largest absolute Gasteiger partial charge is 0.479 e. The summed E-state index contributed by atoms with van der Waals surface area (Å²) in [5.41, 5.74) is 1.75. The number of halogens is 1. The molecule has 1 aliphatic heterocycles. The molecule has 2 amide bonds. The van der Waals surface area contributed by atoms with Crippen LogP contribution in [0.1, 0.15) is 26.0 Å². The topological polar surface area (TPSA) is 89.0 Å². The van der Waals surface area contributed by atoms with E-state index >= 15 is 0 Å². The van der Waals surface area contributed by atoms with Gasteiger partial charge in [0.15, 0.2) is 11.2 Å². The lowest BCUT2D eigenvalue weighted by atomic mass is 10.2. The molecule has 0 saturated heterocycles. The van der Waals surface area contributed by atoms with Crippen LogP contribution in [0.15, 0.2) is 53.9 Å². The second kappa shape index (κ2) is 10.2. The third kappa shape index (κ3) is 5.21. The van der Waals surface area contributed by atoms with Gasteiger partial charge in [-0.15, -0.1) is 11.3 Å². The Kier molecular flexibility index (Phi) is 7.14. The molecule has 0 unspecified atom stereocenters. The molecule has 0 fully saturated rings. The van der Waals surface area contributed by atoms with Crippen molar-refractivity contribution in [2.45, 2.75) is 33.0 Å². The molecule has 0 bridgehead atoms. The zero-order chi connectivity index (χ0) is 24.2. The third-order valence-corrected chi connectivity index (χ3v) is 6.22. The number of aromatic nitrogens is 1. The number of nitrogens with zero attached hydrogens (tertiary/aromatic N) is 3. The van der Waals surface area contributed by atoms with Crippen molar-refractivity contribution >= 4 is 57.2 Å². The first-order valence-electron chi connectivity index (χ1n) is 10.6. The molecule has 3 aromatic rings. The van der Waals surface area contributed by atoms with Crippen LogP contribution >= 0.6 is 22.9 Å². The predicted octanol–water partition coefficient (Wildman–Crippen LogP) is 4.73. The highest BCUT2D eigenvalue weighted by molar-refractivity contribution is 7.14. The van der Waals surface area contributed by atoms with Crippen molar-refractivity contribution in [2.75, 3.05) is 16.3 Å². The number of carbonyl (C=O) groups is 3. The van der Waals surface area contributed by atoms with Gasteiger partial charge in [-0.25, -0.2) is 4.98 Å². The minimum atomic E-state index is -0.622. The van der Waals surface area contributed by atoms with Gasteiger partial charge in [-0.2, -0.15) is 0 Å². The van der Waals surface area contributed by atoms with E-state index in [0.717, 1.165) is 0 Å². The molecular weight excluding hydrogens is 478 g/mol. The maximum absolute atomic E-state index is 12.5. The van der Waals surface area contributed by atoms with Crippen molar-refractivity contribution in [3.8, 4) is 5.75 Å². The van der Waals surface area contributed by atoms with Crippen LogP contribution in [0.5, 0.6) is 5.75 Å². The van der Waals surface area contributed by atoms with Crippen molar-refractivity contribution < 1.29 is 23.9 Å². The monoisotopic (exact) mass is 499 g/mol. The summed E-state index contributed by atoms with van der Waals surface area (Å²) in [5, 5.41) is 2.68. The highest BCUT2D eigenvalue weighted by atomic mass is 35.5. The fourth-order valence-corrected chi connectivity index (χ4v) is 4.58. The molecule has 0 radical (unpaired) electrons. The molecule has 0 N–H and O–H groups in total. The Balaban J connectivity index is 1.36. The van der Waals surface area contributed by atoms with Crippen molar-refractivity contribution in [1.82, 2.24) is 4.98 Å². The summed E-state index contributed by atoms with van der Waals surface area (Å²) in [6.45, 7) is 3.25. The van der Waals surface area contributed by atoms with Crippen molar-refractivity contribution in [3.05, 3.63) is 64.6 Å². The second-order valence-corrected chi connectivity index (χ2v) is 8.86. The highest BCUT2D eigenvalue weighted by Gasteiger charge is 2.31. The Labute approximate surface area is 205 Å². The molecule has 2 aromatic carbocycles. The van der Waals surface area contributed by atoms with E-state index in [2.05, 4.69) is 4.98 Å². The van der Waals surface area contributed by atoms with Crippen LogP contribution in [0.3, 0.4) is 0 Å². The summed E-state index contributed by atoms with van der Waals surface area (Å²) in [5.74, 6) is -0.282. The molecule has 2 heterocycles. The van der Waals surface area contributed by atoms with Gasteiger partial charge in [0, 0.05) is 23.9 Å². The zero-order valence-electron chi connectivity index (χ0n) is 18.6. The van der Waals surface area contributed by atoms with Crippen LogP contribution in [-0.2, 0) is 25.7 Å². The smallest absolute Gasteiger partial charge is 0.307 e. The van der Waals surface area contributed by atoms with Gasteiger partial charge in [-0.05, 0) is 37.3 Å². The van der Waals surface area contributed by atoms with Gasteiger partial charge in [0.25, 0.3) is 5.91 Å². The predicted molar refractivity (Wildman–Crippen MR) is 130 cm³/mol. The summed E-state index contributed by atoms with van der Waals surface area (Å²) in [7, 11) is 0. The number of anilines is 3. The minimum absolute atomic E-state index is 0.0197. The zero-order valence-corrected chi connectivity index (χ0v) is 20.1. The molecule has 8 nitrogen and oxygen atoms in total. The molecule has 0 aliphatic carbocycles. The van der Waals surface area contributed by atoms with Gasteiger partial charge in [0.1, 0.15) is 12.4 Å². The number of hydrogen-bond acceptors (Lipinski definition) is 7. The first-order valence-corrected chi connectivity index (χ1v) is 11.8. The molecule has 0 saturated carbocycles. The van der Waals surface area contributed by atoms with Crippen LogP contribution in [0, 0.1) is 0 Å². The van der Waals surface area contributed by atoms with Gasteiger partial charge in [0.2, 0.25) is 5.91 Å². The van der Waals surface area contributed by atoms with Gasteiger partial charge in [0.05, 0.1) is 23.5 Å². The average molecular weight is 500 g/mol. The van der Waals surface area contributed by atoms with Gasteiger partial charge in [-0.3, -0.25) is 19.3 Å². The van der Waals surface area contributed by atoms with E-state index in [9.17, 15) is 14.4 Å². The molecule has 1 aliphatic rings. The molecule has 176 valence electrons. The molecule has 0 spiro atoms. The van der Waals surface area contributed by atoms with E-state index in [-0.39, 0.29) is 31.4 Å². The quantitative estimate of drug-likeness (QED) is 0.437. The number of para-hydroxylation sites is 2. The molecular formula is C24H22ClN3O5S. The Morgan fingerprint density at radius 1 is 1.24 bits per heavy atom. The number of esters is 1. The minimum Gasteiger partial charge on any atom is -0.479 e. The van der Waals surface area contributed by atoms with E-state index in [0.29, 0.717) is 33.0 Å². The molecule has 10 heteroatoms. The molecule has 1 atom stereocenters. The number of ether oxygens (including phenoxy) is 2. The number of thiazole rings is 1. The maximum atomic E-state index is 12.5. The maximum Gasteiger partial charge on any atom is 0.307 e. The summed E-state index contributed by atoms with van der Waals surface area (Å²) >= 11 is 7.32. The van der Waals surface area contributed by atoms with E-state index in [1.807, 2.05) is 12.1 Å². The lowest BCUT2D eigenvalue weighted by molar-refractivity contribution is -0.144. The van der Waals surface area contributed by atoms with Gasteiger partial charge < -0.3 is 14.4 Å². The first-order chi connectivity index (χ1) is 16.3. The molecule has 34 heavy (non-hydrogen) atoms.